The number of aliphatic hydroxyl groups is 1. The number of hydrogen-bond donors (Lipinski definition) is 3. The topological polar surface area (TPSA) is 201 Å². The Morgan fingerprint density at radius 1 is 1.22 bits per heavy atom. The predicted octanol–water partition coefficient (Wildman–Crippen LogP) is 4.80. The lowest BCUT2D eigenvalue weighted by molar-refractivity contribution is -0.161. The summed E-state index contributed by atoms with van der Waals surface area (Å²) >= 11 is 6.66. The molecule has 0 spiro atoms. The Morgan fingerprint density at radius 2 is 1.93 bits per heavy atom. The first-order valence-corrected chi connectivity index (χ1v) is 22.2. The highest BCUT2D eigenvalue weighted by Gasteiger charge is 2.64. The highest BCUT2D eigenvalue weighted by Crippen LogP contribution is 2.49. The number of halogens is 1. The number of anilines is 1. The van der Waals surface area contributed by atoms with E-state index in [0.29, 0.717) is 43.2 Å². The van der Waals surface area contributed by atoms with Crippen LogP contribution < -0.4 is 15.5 Å². The Morgan fingerprint density at radius 3 is 2.59 bits per heavy atom. The van der Waals surface area contributed by atoms with Gasteiger partial charge in [-0.15, -0.1) is 0 Å². The molecule has 3 heterocycles. The zero-order valence-electron chi connectivity index (χ0n) is 34.7. The van der Waals surface area contributed by atoms with Crippen LogP contribution in [0.1, 0.15) is 82.6 Å². The number of aldehydes is 2. The van der Waals surface area contributed by atoms with Crippen LogP contribution in [0.15, 0.2) is 35.9 Å². The summed E-state index contributed by atoms with van der Waals surface area (Å²) in [7, 11) is 7.67. The van der Waals surface area contributed by atoms with Crippen molar-refractivity contribution in [1.82, 2.24) is 15.5 Å². The maximum atomic E-state index is 14.2. The first-order valence-electron chi connectivity index (χ1n) is 19.5. The van der Waals surface area contributed by atoms with Gasteiger partial charge in [0.25, 0.3) is 0 Å². The number of carbonyl (C=O) groups is 7. The van der Waals surface area contributed by atoms with E-state index < -0.39 is 71.9 Å². The van der Waals surface area contributed by atoms with Crippen molar-refractivity contribution in [3.8, 4) is 0 Å². The number of fused-ring (bicyclic) bond motifs is 5. The summed E-state index contributed by atoms with van der Waals surface area (Å²) in [5, 5.41) is 16.9. The van der Waals surface area contributed by atoms with E-state index in [9.17, 15) is 38.7 Å². The molecule has 4 amide bonds. The molecule has 4 bridgehead atoms. The van der Waals surface area contributed by atoms with Crippen LogP contribution in [0.3, 0.4) is 0 Å². The molecule has 2 fully saturated rings. The number of amides is 4. The zero-order chi connectivity index (χ0) is 43.8. The van der Waals surface area contributed by atoms with Gasteiger partial charge < -0.3 is 39.2 Å². The van der Waals surface area contributed by atoms with Crippen molar-refractivity contribution < 1.29 is 52.9 Å². The highest BCUT2D eigenvalue weighted by molar-refractivity contribution is 8.76. The number of nitrogens with zero attached hydrogens (tertiary/aromatic N) is 2. The fourth-order valence-electron chi connectivity index (χ4n) is 7.12. The van der Waals surface area contributed by atoms with Gasteiger partial charge in [0.05, 0.1) is 29.2 Å². The molecule has 18 heteroatoms. The van der Waals surface area contributed by atoms with Gasteiger partial charge in [-0.3, -0.25) is 24.5 Å². The molecule has 3 aliphatic rings. The highest BCUT2D eigenvalue weighted by atomic mass is 35.5. The van der Waals surface area contributed by atoms with Crippen LogP contribution >= 0.6 is 33.2 Å². The number of carbonyl (C=O) groups excluding carboxylic acids is 7. The Balaban J connectivity index is 1.61. The number of ether oxygens (including phenoxy) is 3. The van der Waals surface area contributed by atoms with Crippen molar-refractivity contribution >= 4 is 81.2 Å². The lowest BCUT2D eigenvalue weighted by Gasteiger charge is -2.41. The van der Waals surface area contributed by atoms with Gasteiger partial charge in [-0.2, -0.15) is 0 Å². The minimum Gasteiger partial charge on any atom is -0.457 e. The standard InChI is InChI=1S/C41H55ClN4O11S2/c1-23-10-9-11-29(22-48)41(54)20-31(55-39(53)44-41)25(3)37-40(5,57-37)32(19-35(51)46(8)30-18-27(16-23)17-28(21-47)36(30)42)56-38(52)26(4)45(7)34(50)14-15-58-59-24(2)12-13-33(49)43-6/h9-11,17-18,21-22,24-26,29,31-32,37,54H,12-16,19-20H2,1-8H3,(H,43,49)(H,44,53)/b11-9+,23-10+/t24?,25-,26-,29+,31+,32+,37+,40+,41+/m1/s1. The first-order chi connectivity index (χ1) is 27.8. The monoisotopic (exact) mass is 878 g/mol. The maximum absolute atomic E-state index is 14.2. The van der Waals surface area contributed by atoms with Gasteiger partial charge in [-0.05, 0) is 51.3 Å². The summed E-state index contributed by atoms with van der Waals surface area (Å²) in [4.78, 5) is 92.6. The van der Waals surface area contributed by atoms with Gasteiger partial charge in [-0.25, -0.2) is 9.59 Å². The number of hydrogen-bond acceptors (Lipinski definition) is 13. The zero-order valence-corrected chi connectivity index (χ0v) is 37.0. The van der Waals surface area contributed by atoms with Crippen molar-refractivity contribution in [2.24, 2.45) is 11.8 Å². The molecular weight excluding hydrogens is 824 g/mol. The summed E-state index contributed by atoms with van der Waals surface area (Å²) in [6.07, 6.45) is 3.02. The molecule has 3 N–H and O–H groups in total. The lowest BCUT2D eigenvalue weighted by Crippen LogP contribution is -2.61. The van der Waals surface area contributed by atoms with Gasteiger partial charge in [0, 0.05) is 62.9 Å². The summed E-state index contributed by atoms with van der Waals surface area (Å²) < 4.78 is 17.9. The minimum atomic E-state index is -2.01. The first kappa shape index (κ1) is 47.8. The van der Waals surface area contributed by atoms with E-state index >= 15 is 0 Å². The van der Waals surface area contributed by atoms with E-state index in [-0.39, 0.29) is 46.2 Å². The van der Waals surface area contributed by atoms with Gasteiger partial charge in [0.15, 0.2) is 12.0 Å². The van der Waals surface area contributed by atoms with Gasteiger partial charge in [0.2, 0.25) is 17.7 Å². The van der Waals surface area contributed by atoms with Gasteiger partial charge in [0.1, 0.15) is 30.1 Å². The summed E-state index contributed by atoms with van der Waals surface area (Å²) in [6.45, 7) is 8.74. The largest absolute Gasteiger partial charge is 0.457 e. The normalized spacial score (nSPS) is 29.6. The molecule has 0 saturated carbocycles. The molecule has 0 aliphatic carbocycles. The molecule has 15 nitrogen and oxygen atoms in total. The quantitative estimate of drug-likeness (QED) is 0.0803. The third-order valence-corrected chi connectivity index (χ3v) is 14.6. The van der Waals surface area contributed by atoms with Gasteiger partial charge in [-0.1, -0.05) is 70.8 Å². The Kier molecular flexibility index (Phi) is 16.7. The third-order valence-electron chi connectivity index (χ3n) is 11.2. The average molecular weight is 879 g/mol. The predicted molar refractivity (Wildman–Crippen MR) is 226 cm³/mol. The Hall–Kier alpha value is -3.90. The van der Waals surface area contributed by atoms with E-state index in [1.807, 2.05) is 13.8 Å². The van der Waals surface area contributed by atoms with Crippen molar-refractivity contribution in [3.63, 3.8) is 0 Å². The SMILES string of the molecule is CNC(=O)CCC(C)SSCCC(=O)N(C)[C@H](C)C(=O)O[C@H]1CC(=O)N(C)c2cc(cc(C=O)c2Cl)C/C(C)=C/C=C/[C@@H](C=O)[C@@]2(O)C[C@H](OC(=O)N2)[C@@H](C)[C@@H]2O[C@@]12C. The number of benzene rings is 1. The van der Waals surface area contributed by atoms with E-state index in [0.717, 1.165) is 5.57 Å². The second kappa shape index (κ2) is 20.6. The Labute approximate surface area is 358 Å². The summed E-state index contributed by atoms with van der Waals surface area (Å²) in [6, 6.07) is 2.24. The number of likely N-dealkylation sites (N-methyl/N-ethyl adjacent to an activating group) is 1. The average Bonchev–Trinajstić information content (AvgIpc) is 3.90. The molecule has 59 heavy (non-hydrogen) atoms. The number of rotatable bonds is 13. The fourth-order valence-corrected chi connectivity index (χ4v) is 9.73. The molecule has 1 unspecified atom stereocenters. The van der Waals surface area contributed by atoms with Crippen LogP contribution in [-0.4, -0.2) is 120 Å². The maximum Gasteiger partial charge on any atom is 0.409 e. The second-order valence-corrected chi connectivity index (χ2v) is 18.9. The van der Waals surface area contributed by atoms with E-state index in [4.69, 9.17) is 25.8 Å². The van der Waals surface area contributed by atoms with Crippen molar-refractivity contribution in [1.29, 1.82) is 0 Å². The van der Waals surface area contributed by atoms with Crippen LogP contribution in [0.25, 0.3) is 0 Å². The van der Waals surface area contributed by atoms with Gasteiger partial charge >= 0.3 is 12.1 Å². The van der Waals surface area contributed by atoms with Crippen LogP contribution in [0.2, 0.25) is 5.02 Å². The lowest BCUT2D eigenvalue weighted by atomic mass is 9.82. The molecule has 2 saturated heterocycles. The minimum absolute atomic E-state index is 0.0325. The molecule has 3 aliphatic heterocycles. The molecule has 1 aromatic rings. The molecule has 0 aromatic heterocycles. The van der Waals surface area contributed by atoms with Crippen LogP contribution in [0.4, 0.5) is 10.5 Å². The summed E-state index contributed by atoms with van der Waals surface area (Å²) in [5.74, 6) is -2.96. The molecule has 4 rings (SSSR count). The number of allylic oxidation sites excluding steroid dienone is 3. The van der Waals surface area contributed by atoms with Crippen LogP contribution in [0, 0.1) is 11.8 Å². The number of esters is 1. The van der Waals surface area contributed by atoms with E-state index in [1.54, 1.807) is 56.0 Å². The molecule has 324 valence electrons. The molecular formula is C41H55ClN4O11S2. The van der Waals surface area contributed by atoms with E-state index in [2.05, 4.69) is 10.6 Å². The fraction of sp³-hybridized carbons (Fsp3) is 0.585. The van der Waals surface area contributed by atoms with Crippen molar-refractivity contribution in [3.05, 3.63) is 52.1 Å². The smallest absolute Gasteiger partial charge is 0.409 e. The second-order valence-electron chi connectivity index (χ2n) is 15.6. The van der Waals surface area contributed by atoms with Crippen LogP contribution in [-0.2, 0) is 44.6 Å². The number of epoxide rings is 1. The molecule has 1 aromatic carbocycles. The van der Waals surface area contributed by atoms with E-state index in [1.165, 1.54) is 47.7 Å². The van der Waals surface area contributed by atoms with Crippen molar-refractivity contribution in [2.45, 2.75) is 114 Å². The number of alkyl carbamates (subject to hydrolysis) is 1. The molecule has 9 atom stereocenters. The Bertz CT molecular complexity index is 1850. The van der Waals surface area contributed by atoms with Crippen molar-refractivity contribution in [2.75, 3.05) is 31.8 Å². The number of nitrogens with one attached hydrogen (secondary N) is 2. The van der Waals surface area contributed by atoms with Crippen LogP contribution in [0.5, 0.6) is 0 Å². The molecule has 0 radical (unpaired) electrons. The third kappa shape index (κ3) is 11.9. The summed E-state index contributed by atoms with van der Waals surface area (Å²) in [5.41, 5.74) is -1.46.